The van der Waals surface area contributed by atoms with E-state index in [1.807, 2.05) is 43.3 Å². The first-order valence-electron chi connectivity index (χ1n) is 8.56. The maximum atomic E-state index is 11.7. The number of hydrogen-bond donors (Lipinski definition) is 0. The van der Waals surface area contributed by atoms with Gasteiger partial charge in [0.1, 0.15) is 11.5 Å². The predicted molar refractivity (Wildman–Crippen MR) is 104 cm³/mol. The zero-order valence-electron chi connectivity index (χ0n) is 14.5. The molecule has 0 saturated heterocycles. The average Bonchev–Trinajstić information content (AvgIpc) is 3.17. The summed E-state index contributed by atoms with van der Waals surface area (Å²) in [6.07, 6.45) is 0.811. The summed E-state index contributed by atoms with van der Waals surface area (Å²) in [4.78, 5) is 16.3. The summed E-state index contributed by atoms with van der Waals surface area (Å²) in [5.74, 6) is -0.127. The van der Waals surface area contributed by atoms with Crippen LogP contribution in [-0.2, 0) is 6.42 Å². The van der Waals surface area contributed by atoms with Gasteiger partial charge in [0.25, 0.3) is 0 Å². The van der Waals surface area contributed by atoms with E-state index < -0.39 is 5.97 Å². The van der Waals surface area contributed by atoms with Gasteiger partial charge in [0.05, 0.1) is 11.5 Å². The van der Waals surface area contributed by atoms with Crippen LogP contribution in [0.5, 0.6) is 0 Å². The highest BCUT2D eigenvalue weighted by atomic mass is 35.5. The van der Waals surface area contributed by atoms with Gasteiger partial charge in [-0.2, -0.15) is 0 Å². The van der Waals surface area contributed by atoms with Gasteiger partial charge >= 0.3 is 0 Å². The largest absolute Gasteiger partial charge is 0.545 e. The molecule has 0 spiro atoms. The van der Waals surface area contributed by atoms with Gasteiger partial charge in [0, 0.05) is 21.5 Å². The van der Waals surface area contributed by atoms with Gasteiger partial charge in [-0.1, -0.05) is 36.7 Å². The summed E-state index contributed by atoms with van der Waals surface area (Å²) < 4.78 is 5.90. The number of aryl methyl sites for hydroxylation is 1. The highest BCUT2D eigenvalue weighted by molar-refractivity contribution is 6.30. The van der Waals surface area contributed by atoms with E-state index in [9.17, 15) is 9.90 Å². The van der Waals surface area contributed by atoms with E-state index in [0.29, 0.717) is 33.1 Å². The molecule has 0 fully saturated rings. The molecule has 2 heterocycles. The molecule has 4 aromatic rings. The van der Waals surface area contributed by atoms with Crippen molar-refractivity contribution in [3.8, 4) is 22.8 Å². The molecule has 0 N–H and O–H groups in total. The summed E-state index contributed by atoms with van der Waals surface area (Å²) in [7, 11) is 0. The van der Waals surface area contributed by atoms with Crippen molar-refractivity contribution in [2.75, 3.05) is 0 Å². The van der Waals surface area contributed by atoms with Crippen molar-refractivity contribution in [2.24, 2.45) is 0 Å². The van der Waals surface area contributed by atoms with Crippen LogP contribution in [0.4, 0.5) is 0 Å². The highest BCUT2D eigenvalue weighted by Gasteiger charge is 2.13. The van der Waals surface area contributed by atoms with Crippen LogP contribution in [0.1, 0.15) is 22.8 Å². The third-order valence-corrected chi connectivity index (χ3v) is 4.70. The van der Waals surface area contributed by atoms with E-state index in [1.165, 1.54) is 6.07 Å². The second-order valence-electron chi connectivity index (χ2n) is 6.22. The Kier molecular flexibility index (Phi) is 4.42. The Bertz CT molecular complexity index is 1160. The smallest absolute Gasteiger partial charge is 0.153 e. The molecule has 0 aliphatic heterocycles. The van der Waals surface area contributed by atoms with Crippen LogP contribution in [0.15, 0.2) is 65.1 Å². The number of hydrogen-bond acceptors (Lipinski definition) is 4. The van der Waals surface area contributed by atoms with Crippen LogP contribution in [0.3, 0.4) is 0 Å². The first-order valence-corrected chi connectivity index (χ1v) is 8.94. The maximum Gasteiger partial charge on any atom is 0.153 e. The molecule has 5 heteroatoms. The van der Waals surface area contributed by atoms with Gasteiger partial charge in [0.2, 0.25) is 0 Å². The highest BCUT2D eigenvalue weighted by Crippen LogP contribution is 2.31. The minimum Gasteiger partial charge on any atom is -0.545 e. The third-order valence-electron chi connectivity index (χ3n) is 4.47. The summed E-state index contributed by atoms with van der Waals surface area (Å²) >= 11 is 6.04. The van der Waals surface area contributed by atoms with Gasteiger partial charge in [-0.05, 0) is 54.4 Å². The first kappa shape index (κ1) is 17.3. The van der Waals surface area contributed by atoms with E-state index >= 15 is 0 Å². The predicted octanol–water partition coefficient (Wildman–Crippen LogP) is 4.74. The van der Waals surface area contributed by atoms with E-state index in [-0.39, 0.29) is 5.56 Å². The van der Waals surface area contributed by atoms with Gasteiger partial charge in [-0.15, -0.1) is 0 Å². The Labute approximate surface area is 161 Å². The summed E-state index contributed by atoms with van der Waals surface area (Å²) in [5, 5.41) is 12.9. The molecule has 4 rings (SSSR count). The Hall–Kier alpha value is -3.11. The monoisotopic (exact) mass is 376 g/mol. The van der Waals surface area contributed by atoms with Gasteiger partial charge in [-0.25, -0.2) is 4.98 Å². The van der Waals surface area contributed by atoms with Crippen LogP contribution < -0.4 is 5.11 Å². The number of carboxylic acid groups (broad SMARTS) is 1. The summed E-state index contributed by atoms with van der Waals surface area (Å²) in [6, 6.07) is 18.0. The van der Waals surface area contributed by atoms with Crippen LogP contribution in [0.2, 0.25) is 5.02 Å². The molecular weight excluding hydrogens is 362 g/mol. The SMILES string of the molecule is CCc1ccc2nc(-c3ccc(-c4cccc(Cl)c4)o3)cc(C(=O)[O-])c2c1. The van der Waals surface area contributed by atoms with Crippen LogP contribution in [0.25, 0.3) is 33.7 Å². The number of rotatable bonds is 4. The number of carbonyl (C=O) groups is 1. The molecule has 0 aliphatic rings. The molecular formula is C22H15ClNO3-. The zero-order chi connectivity index (χ0) is 19.0. The lowest BCUT2D eigenvalue weighted by molar-refractivity contribution is -0.254. The van der Waals surface area contributed by atoms with Crippen molar-refractivity contribution in [3.63, 3.8) is 0 Å². The standard InChI is InChI=1S/C22H16ClNO3/c1-2-13-6-7-18-16(10-13)17(22(25)26)12-19(24-18)21-9-8-20(27-21)14-4-3-5-15(23)11-14/h3-12H,2H2,1H3,(H,25,26)/p-1. The van der Waals surface area contributed by atoms with Crippen molar-refractivity contribution in [1.82, 2.24) is 4.98 Å². The molecule has 0 bridgehead atoms. The summed E-state index contributed by atoms with van der Waals surface area (Å²) in [5.41, 5.74) is 3.01. The average molecular weight is 377 g/mol. The molecule has 0 atom stereocenters. The Morgan fingerprint density at radius 3 is 2.63 bits per heavy atom. The number of nitrogens with zero attached hydrogens (tertiary/aromatic N) is 1. The molecule has 0 saturated carbocycles. The maximum absolute atomic E-state index is 11.7. The topological polar surface area (TPSA) is 66.2 Å². The number of pyridine rings is 1. The lowest BCUT2D eigenvalue weighted by Crippen LogP contribution is -2.22. The molecule has 0 radical (unpaired) electrons. The van der Waals surface area contributed by atoms with E-state index in [1.54, 1.807) is 18.2 Å². The molecule has 27 heavy (non-hydrogen) atoms. The van der Waals surface area contributed by atoms with Crippen molar-refractivity contribution in [2.45, 2.75) is 13.3 Å². The Morgan fingerprint density at radius 1 is 1.07 bits per heavy atom. The van der Waals surface area contributed by atoms with Crippen LogP contribution in [-0.4, -0.2) is 11.0 Å². The number of carboxylic acids is 1. The van der Waals surface area contributed by atoms with Crippen molar-refractivity contribution >= 4 is 28.5 Å². The fourth-order valence-corrected chi connectivity index (χ4v) is 3.25. The Balaban J connectivity index is 1.84. The van der Waals surface area contributed by atoms with Crippen molar-refractivity contribution in [3.05, 3.63) is 76.8 Å². The van der Waals surface area contributed by atoms with Gasteiger partial charge in [-0.3, -0.25) is 0 Å². The van der Waals surface area contributed by atoms with Gasteiger partial charge < -0.3 is 14.3 Å². The quantitative estimate of drug-likeness (QED) is 0.516. The number of furan rings is 1. The second kappa shape index (κ2) is 6.89. The van der Waals surface area contributed by atoms with Crippen molar-refractivity contribution in [1.29, 1.82) is 0 Å². The van der Waals surface area contributed by atoms with Crippen LogP contribution in [0, 0.1) is 0 Å². The number of aromatic carboxylic acids is 1. The number of halogens is 1. The minimum atomic E-state index is -1.24. The fourth-order valence-electron chi connectivity index (χ4n) is 3.06. The zero-order valence-corrected chi connectivity index (χ0v) is 15.3. The fraction of sp³-hybridized carbons (Fsp3) is 0.0909. The number of carbonyl (C=O) groups excluding carboxylic acids is 1. The van der Waals surface area contributed by atoms with E-state index in [0.717, 1.165) is 17.5 Å². The van der Waals surface area contributed by atoms with Gasteiger partial charge in [0.15, 0.2) is 5.76 Å². The minimum absolute atomic E-state index is 0.103. The molecule has 134 valence electrons. The number of fused-ring (bicyclic) bond motifs is 1. The normalized spacial score (nSPS) is 11.0. The van der Waals surface area contributed by atoms with E-state index in [4.69, 9.17) is 16.0 Å². The summed E-state index contributed by atoms with van der Waals surface area (Å²) in [6.45, 7) is 2.02. The first-order chi connectivity index (χ1) is 13.0. The molecule has 0 aliphatic carbocycles. The molecule has 0 amide bonds. The Morgan fingerprint density at radius 2 is 1.89 bits per heavy atom. The lowest BCUT2D eigenvalue weighted by Gasteiger charge is -2.10. The van der Waals surface area contributed by atoms with Crippen molar-refractivity contribution < 1.29 is 14.3 Å². The molecule has 2 aromatic heterocycles. The second-order valence-corrected chi connectivity index (χ2v) is 6.66. The number of aromatic nitrogens is 1. The third kappa shape index (κ3) is 3.32. The van der Waals surface area contributed by atoms with E-state index in [2.05, 4.69) is 4.98 Å². The lowest BCUT2D eigenvalue weighted by atomic mass is 10.0. The molecule has 4 nitrogen and oxygen atoms in total. The number of benzene rings is 2. The van der Waals surface area contributed by atoms with Crippen LogP contribution >= 0.6 is 11.6 Å². The molecule has 2 aromatic carbocycles. The molecule has 0 unspecified atom stereocenters.